The van der Waals surface area contributed by atoms with Crippen molar-refractivity contribution in [2.24, 2.45) is 0 Å². The van der Waals surface area contributed by atoms with Gasteiger partial charge in [-0.25, -0.2) is 4.39 Å². The number of aryl methyl sites for hydroxylation is 1. The fourth-order valence-corrected chi connectivity index (χ4v) is 2.04. The first-order valence-electron chi connectivity index (χ1n) is 5.18. The molecule has 0 saturated carbocycles. The molecule has 0 radical (unpaired) electrons. The standard InChI is InChI=1S/C12H14FNO/c1-8-6-9(13)2-3-11(8)12-7-10(15)4-5-14-12/h2-3,6,12,14H,4-5,7H2,1H3. The van der Waals surface area contributed by atoms with E-state index in [4.69, 9.17) is 0 Å². The minimum Gasteiger partial charge on any atom is -0.309 e. The fourth-order valence-electron chi connectivity index (χ4n) is 2.04. The second-order valence-electron chi connectivity index (χ2n) is 4.00. The van der Waals surface area contributed by atoms with Gasteiger partial charge in [-0.1, -0.05) is 6.07 Å². The molecule has 1 unspecified atom stereocenters. The lowest BCUT2D eigenvalue weighted by atomic mass is 9.93. The maximum atomic E-state index is 12.9. The van der Waals surface area contributed by atoms with E-state index in [0.29, 0.717) is 12.8 Å². The Morgan fingerprint density at radius 3 is 2.93 bits per heavy atom. The van der Waals surface area contributed by atoms with Gasteiger partial charge in [0.15, 0.2) is 0 Å². The van der Waals surface area contributed by atoms with Gasteiger partial charge < -0.3 is 5.32 Å². The Labute approximate surface area is 88.5 Å². The second-order valence-corrected chi connectivity index (χ2v) is 4.00. The third-order valence-corrected chi connectivity index (χ3v) is 2.83. The highest BCUT2D eigenvalue weighted by molar-refractivity contribution is 5.80. The van der Waals surface area contributed by atoms with Crippen molar-refractivity contribution in [3.63, 3.8) is 0 Å². The summed E-state index contributed by atoms with van der Waals surface area (Å²) in [5.41, 5.74) is 1.94. The Balaban J connectivity index is 2.24. The third kappa shape index (κ3) is 2.23. The molecule has 0 bridgehead atoms. The summed E-state index contributed by atoms with van der Waals surface area (Å²) in [5, 5.41) is 3.28. The van der Waals surface area contributed by atoms with E-state index >= 15 is 0 Å². The molecule has 1 atom stereocenters. The summed E-state index contributed by atoms with van der Waals surface area (Å²) in [5.74, 6) is 0.0564. The second kappa shape index (κ2) is 4.11. The Kier molecular flexibility index (Phi) is 2.82. The van der Waals surface area contributed by atoms with Crippen molar-refractivity contribution in [1.82, 2.24) is 5.32 Å². The zero-order valence-electron chi connectivity index (χ0n) is 8.72. The van der Waals surface area contributed by atoms with Gasteiger partial charge in [-0.15, -0.1) is 0 Å². The van der Waals surface area contributed by atoms with Crippen LogP contribution in [0.2, 0.25) is 0 Å². The van der Waals surface area contributed by atoms with Gasteiger partial charge in [0.2, 0.25) is 0 Å². The molecule has 1 fully saturated rings. The molecule has 2 nitrogen and oxygen atoms in total. The molecule has 1 aromatic rings. The molecule has 3 heteroatoms. The molecule has 1 aromatic carbocycles. The van der Waals surface area contributed by atoms with Crippen LogP contribution < -0.4 is 5.32 Å². The summed E-state index contributed by atoms with van der Waals surface area (Å²) in [4.78, 5) is 11.3. The van der Waals surface area contributed by atoms with Crippen LogP contribution in [0.3, 0.4) is 0 Å². The molecule has 0 spiro atoms. The molecule has 1 heterocycles. The fraction of sp³-hybridized carbons (Fsp3) is 0.417. The van der Waals surface area contributed by atoms with Crippen molar-refractivity contribution >= 4 is 5.78 Å². The number of halogens is 1. The van der Waals surface area contributed by atoms with Crippen molar-refractivity contribution in [3.05, 3.63) is 35.1 Å². The van der Waals surface area contributed by atoms with E-state index < -0.39 is 0 Å². The first-order valence-corrected chi connectivity index (χ1v) is 5.18. The van der Waals surface area contributed by atoms with E-state index in [1.807, 2.05) is 6.92 Å². The average molecular weight is 207 g/mol. The van der Waals surface area contributed by atoms with Crippen LogP contribution in [0.25, 0.3) is 0 Å². The molecule has 1 saturated heterocycles. The van der Waals surface area contributed by atoms with E-state index in [2.05, 4.69) is 5.32 Å². The van der Waals surface area contributed by atoms with Crippen molar-refractivity contribution in [3.8, 4) is 0 Å². The zero-order valence-corrected chi connectivity index (χ0v) is 8.72. The summed E-state index contributed by atoms with van der Waals surface area (Å²) in [6.07, 6.45) is 1.13. The lowest BCUT2D eigenvalue weighted by Gasteiger charge is -2.24. The number of carbonyl (C=O) groups is 1. The Morgan fingerprint density at radius 2 is 2.27 bits per heavy atom. The quantitative estimate of drug-likeness (QED) is 0.764. The average Bonchev–Trinajstić information content (AvgIpc) is 2.17. The molecular formula is C12H14FNO. The molecule has 0 amide bonds. The summed E-state index contributed by atoms with van der Waals surface area (Å²) in [6.45, 7) is 2.60. The highest BCUT2D eigenvalue weighted by atomic mass is 19.1. The van der Waals surface area contributed by atoms with Gasteiger partial charge in [-0.2, -0.15) is 0 Å². The summed E-state index contributed by atoms with van der Waals surface area (Å²) in [7, 11) is 0. The maximum Gasteiger partial charge on any atom is 0.136 e. The summed E-state index contributed by atoms with van der Waals surface area (Å²) < 4.78 is 12.9. The van der Waals surface area contributed by atoms with Crippen LogP contribution in [0, 0.1) is 12.7 Å². The molecule has 0 aromatic heterocycles. The predicted octanol–water partition coefficient (Wildman–Crippen LogP) is 2.13. The minimum atomic E-state index is -0.224. The smallest absolute Gasteiger partial charge is 0.136 e. The monoisotopic (exact) mass is 207 g/mol. The number of hydrogen-bond donors (Lipinski definition) is 1. The van der Waals surface area contributed by atoms with E-state index in [-0.39, 0.29) is 17.6 Å². The number of carbonyl (C=O) groups excluding carboxylic acids is 1. The van der Waals surface area contributed by atoms with Crippen LogP contribution in [0.1, 0.15) is 30.0 Å². The predicted molar refractivity (Wildman–Crippen MR) is 56.1 cm³/mol. The first-order chi connectivity index (χ1) is 7.16. The van der Waals surface area contributed by atoms with Gasteiger partial charge in [-0.3, -0.25) is 4.79 Å². The summed E-state index contributed by atoms with van der Waals surface area (Å²) in [6, 6.07) is 4.78. The number of piperidine rings is 1. The van der Waals surface area contributed by atoms with Gasteiger partial charge in [0.1, 0.15) is 11.6 Å². The number of ketones is 1. The highest BCUT2D eigenvalue weighted by Gasteiger charge is 2.21. The van der Waals surface area contributed by atoms with Crippen LogP contribution in [0.4, 0.5) is 4.39 Å². The first kappa shape index (κ1) is 10.3. The van der Waals surface area contributed by atoms with Crippen LogP contribution >= 0.6 is 0 Å². The Morgan fingerprint density at radius 1 is 1.47 bits per heavy atom. The van der Waals surface area contributed by atoms with E-state index in [1.54, 1.807) is 6.07 Å². The normalized spacial score (nSPS) is 21.7. The Bertz CT molecular complexity index is 389. The van der Waals surface area contributed by atoms with Gasteiger partial charge in [0.25, 0.3) is 0 Å². The van der Waals surface area contributed by atoms with Gasteiger partial charge in [-0.05, 0) is 30.2 Å². The third-order valence-electron chi connectivity index (χ3n) is 2.83. The van der Waals surface area contributed by atoms with E-state index in [9.17, 15) is 9.18 Å². The largest absolute Gasteiger partial charge is 0.309 e. The number of rotatable bonds is 1. The summed E-state index contributed by atoms with van der Waals surface area (Å²) >= 11 is 0. The molecule has 2 rings (SSSR count). The van der Waals surface area contributed by atoms with Crippen LogP contribution in [0.5, 0.6) is 0 Å². The molecule has 1 N–H and O–H groups in total. The number of benzene rings is 1. The van der Waals surface area contributed by atoms with Crippen molar-refractivity contribution < 1.29 is 9.18 Å². The van der Waals surface area contributed by atoms with E-state index in [1.165, 1.54) is 12.1 Å². The van der Waals surface area contributed by atoms with Crippen molar-refractivity contribution in [1.29, 1.82) is 0 Å². The van der Waals surface area contributed by atoms with Crippen molar-refractivity contribution in [2.75, 3.05) is 6.54 Å². The maximum absolute atomic E-state index is 12.9. The lowest BCUT2D eigenvalue weighted by Crippen LogP contribution is -2.32. The number of hydrogen-bond acceptors (Lipinski definition) is 2. The van der Waals surface area contributed by atoms with Gasteiger partial charge in [0.05, 0.1) is 0 Å². The number of Topliss-reactive ketones (excluding diaryl/α,β-unsaturated/α-hetero) is 1. The van der Waals surface area contributed by atoms with Gasteiger partial charge >= 0.3 is 0 Å². The van der Waals surface area contributed by atoms with Crippen molar-refractivity contribution in [2.45, 2.75) is 25.8 Å². The zero-order chi connectivity index (χ0) is 10.8. The molecule has 15 heavy (non-hydrogen) atoms. The van der Waals surface area contributed by atoms with Crippen LogP contribution in [-0.2, 0) is 4.79 Å². The van der Waals surface area contributed by atoms with Crippen LogP contribution in [0.15, 0.2) is 18.2 Å². The van der Waals surface area contributed by atoms with E-state index in [0.717, 1.165) is 17.7 Å². The molecule has 0 aliphatic carbocycles. The number of nitrogens with one attached hydrogen (secondary N) is 1. The van der Waals surface area contributed by atoms with Gasteiger partial charge in [0, 0.05) is 25.4 Å². The van der Waals surface area contributed by atoms with Crippen LogP contribution in [-0.4, -0.2) is 12.3 Å². The SMILES string of the molecule is Cc1cc(F)ccc1C1CC(=O)CCN1. The molecule has 1 aliphatic heterocycles. The lowest BCUT2D eigenvalue weighted by molar-refractivity contribution is -0.120. The topological polar surface area (TPSA) is 29.1 Å². The Hall–Kier alpha value is -1.22. The molecule has 80 valence electrons. The molecular weight excluding hydrogens is 193 g/mol. The molecule has 1 aliphatic rings. The highest BCUT2D eigenvalue weighted by Crippen LogP contribution is 2.24. The minimum absolute atomic E-state index is 0.0619.